The van der Waals surface area contributed by atoms with E-state index >= 15 is 0 Å². The van der Waals surface area contributed by atoms with Gasteiger partial charge in [0.1, 0.15) is 0 Å². The number of pyridine rings is 1. The molecule has 0 aromatic carbocycles. The lowest BCUT2D eigenvalue weighted by molar-refractivity contribution is -0.118. The van der Waals surface area contributed by atoms with Crippen LogP contribution in [0.4, 0.5) is 5.82 Å². The summed E-state index contributed by atoms with van der Waals surface area (Å²) < 4.78 is 1.48. The maximum atomic E-state index is 11.8. The first-order valence-electron chi connectivity index (χ1n) is 6.62. The van der Waals surface area contributed by atoms with Crippen LogP contribution in [0.5, 0.6) is 0 Å². The third kappa shape index (κ3) is 4.03. The molecule has 1 atom stereocenters. The largest absolute Gasteiger partial charge is 0.392 e. The summed E-state index contributed by atoms with van der Waals surface area (Å²) >= 11 is 6.03. The van der Waals surface area contributed by atoms with E-state index in [0.717, 1.165) is 0 Å². The van der Waals surface area contributed by atoms with Gasteiger partial charge in [0.05, 0.1) is 17.5 Å². The fourth-order valence-electron chi connectivity index (χ4n) is 1.67. The molecule has 6 nitrogen and oxygen atoms in total. The van der Waals surface area contributed by atoms with Gasteiger partial charge in [0, 0.05) is 18.5 Å². The topological polar surface area (TPSA) is 80.0 Å². The minimum Gasteiger partial charge on any atom is -0.392 e. The smallest absolute Gasteiger partial charge is 0.228 e. The zero-order valence-electron chi connectivity index (χ0n) is 11.8. The number of nitrogens with zero attached hydrogens (tertiary/aromatic N) is 3. The molecule has 0 aliphatic carbocycles. The van der Waals surface area contributed by atoms with Gasteiger partial charge in [-0.2, -0.15) is 0 Å². The Bertz CT molecular complexity index is 627. The van der Waals surface area contributed by atoms with Crippen LogP contribution < -0.4 is 5.32 Å². The highest BCUT2D eigenvalue weighted by Crippen LogP contribution is 2.17. The Labute approximate surface area is 127 Å². The fraction of sp³-hybridized carbons (Fsp3) is 0.357. The molecule has 2 N–H and O–H groups in total. The lowest BCUT2D eigenvalue weighted by Gasteiger charge is -2.13. The average molecular weight is 309 g/mol. The van der Waals surface area contributed by atoms with Crippen LogP contribution in [-0.4, -0.2) is 31.9 Å². The average Bonchev–Trinajstić information content (AvgIpc) is 2.87. The van der Waals surface area contributed by atoms with Crippen LogP contribution in [-0.2, 0) is 4.79 Å². The first-order chi connectivity index (χ1) is 9.97. The van der Waals surface area contributed by atoms with Crippen LogP contribution in [0.2, 0.25) is 5.02 Å². The molecule has 0 spiro atoms. The molecule has 2 rings (SSSR count). The van der Waals surface area contributed by atoms with Gasteiger partial charge < -0.3 is 10.4 Å². The molecule has 1 amide bonds. The molecule has 2 aromatic rings. The molecule has 21 heavy (non-hydrogen) atoms. The molecule has 0 fully saturated rings. The number of halogens is 1. The lowest BCUT2D eigenvalue weighted by atomic mass is 10.0. The summed E-state index contributed by atoms with van der Waals surface area (Å²) in [6, 6.07) is 5.08. The van der Waals surface area contributed by atoms with Gasteiger partial charge in [-0.15, -0.1) is 5.10 Å². The Morgan fingerprint density at radius 1 is 1.48 bits per heavy atom. The standard InChI is InChI=1S/C14H17ClN4O2/c1-9(2)11(20)8-13(21)17-12-5-7-19(18-12)14-10(15)4-3-6-16-14/h3-7,9,11,20H,8H2,1-2H3,(H,17,18,21). The number of rotatable bonds is 5. The Morgan fingerprint density at radius 3 is 2.90 bits per heavy atom. The minimum absolute atomic E-state index is 0.0284. The molecule has 112 valence electrons. The van der Waals surface area contributed by atoms with Crippen molar-refractivity contribution in [1.82, 2.24) is 14.8 Å². The Morgan fingerprint density at radius 2 is 2.24 bits per heavy atom. The number of carbonyl (C=O) groups excluding carboxylic acids is 1. The van der Waals surface area contributed by atoms with Crippen molar-refractivity contribution in [3.05, 3.63) is 35.6 Å². The molecule has 0 aliphatic rings. The number of hydrogen-bond donors (Lipinski definition) is 2. The van der Waals surface area contributed by atoms with Crippen LogP contribution in [0.15, 0.2) is 30.6 Å². The van der Waals surface area contributed by atoms with Crippen molar-refractivity contribution in [2.75, 3.05) is 5.32 Å². The van der Waals surface area contributed by atoms with Crippen molar-refractivity contribution in [2.45, 2.75) is 26.4 Å². The SMILES string of the molecule is CC(C)C(O)CC(=O)Nc1ccn(-c2ncccc2Cl)n1. The maximum absolute atomic E-state index is 11.8. The summed E-state index contributed by atoms with van der Waals surface area (Å²) in [5.74, 6) is 0.619. The van der Waals surface area contributed by atoms with Crippen LogP contribution >= 0.6 is 11.6 Å². The number of aliphatic hydroxyl groups is 1. The van der Waals surface area contributed by atoms with Gasteiger partial charge in [0.25, 0.3) is 0 Å². The highest BCUT2D eigenvalue weighted by atomic mass is 35.5. The van der Waals surface area contributed by atoms with E-state index in [-0.39, 0.29) is 18.2 Å². The Kier molecular flexibility index (Phi) is 4.93. The number of hydrogen-bond acceptors (Lipinski definition) is 4. The lowest BCUT2D eigenvalue weighted by Crippen LogP contribution is -2.23. The van der Waals surface area contributed by atoms with Crippen LogP contribution in [0, 0.1) is 5.92 Å². The summed E-state index contributed by atoms with van der Waals surface area (Å²) in [5, 5.41) is 17.0. The predicted molar refractivity (Wildman–Crippen MR) is 80.5 cm³/mol. The molecule has 0 saturated heterocycles. The van der Waals surface area contributed by atoms with E-state index in [1.54, 1.807) is 30.6 Å². The highest BCUT2D eigenvalue weighted by molar-refractivity contribution is 6.32. The van der Waals surface area contributed by atoms with Gasteiger partial charge in [0.15, 0.2) is 11.6 Å². The van der Waals surface area contributed by atoms with Gasteiger partial charge in [-0.1, -0.05) is 25.4 Å². The second-order valence-corrected chi connectivity index (χ2v) is 5.43. The van der Waals surface area contributed by atoms with Gasteiger partial charge in [-0.3, -0.25) is 4.79 Å². The summed E-state index contributed by atoms with van der Waals surface area (Å²) in [6.07, 6.45) is 2.63. The van der Waals surface area contributed by atoms with Crippen molar-refractivity contribution in [1.29, 1.82) is 0 Å². The number of anilines is 1. The van der Waals surface area contributed by atoms with E-state index in [2.05, 4.69) is 15.4 Å². The summed E-state index contributed by atoms with van der Waals surface area (Å²) in [7, 11) is 0. The van der Waals surface area contributed by atoms with Crippen LogP contribution in [0.1, 0.15) is 20.3 Å². The second-order valence-electron chi connectivity index (χ2n) is 5.02. The van der Waals surface area contributed by atoms with Crippen LogP contribution in [0.25, 0.3) is 5.82 Å². The molecule has 0 saturated carbocycles. The number of aliphatic hydroxyl groups excluding tert-OH is 1. The number of amides is 1. The number of carbonyl (C=O) groups is 1. The molecule has 2 aromatic heterocycles. The van der Waals surface area contributed by atoms with E-state index < -0.39 is 6.10 Å². The maximum Gasteiger partial charge on any atom is 0.228 e. The first-order valence-corrected chi connectivity index (χ1v) is 6.99. The van der Waals surface area contributed by atoms with Gasteiger partial charge in [0.2, 0.25) is 5.91 Å². The summed E-state index contributed by atoms with van der Waals surface area (Å²) in [5.41, 5.74) is 0. The molecular formula is C14H17ClN4O2. The molecule has 0 radical (unpaired) electrons. The zero-order chi connectivity index (χ0) is 15.4. The van der Waals surface area contributed by atoms with E-state index in [1.807, 2.05) is 13.8 Å². The summed E-state index contributed by atoms with van der Waals surface area (Å²) in [4.78, 5) is 15.9. The monoisotopic (exact) mass is 308 g/mol. The van der Waals surface area contributed by atoms with Gasteiger partial charge in [-0.05, 0) is 18.1 Å². The highest BCUT2D eigenvalue weighted by Gasteiger charge is 2.15. The minimum atomic E-state index is -0.669. The van der Waals surface area contributed by atoms with Crippen molar-refractivity contribution in [3.8, 4) is 5.82 Å². The molecule has 2 heterocycles. The van der Waals surface area contributed by atoms with Crippen molar-refractivity contribution >= 4 is 23.3 Å². The van der Waals surface area contributed by atoms with Gasteiger partial charge >= 0.3 is 0 Å². The van der Waals surface area contributed by atoms with Crippen molar-refractivity contribution < 1.29 is 9.90 Å². The Hall–Kier alpha value is -1.92. The van der Waals surface area contributed by atoms with E-state index in [4.69, 9.17) is 11.6 Å². The summed E-state index contributed by atoms with van der Waals surface area (Å²) in [6.45, 7) is 3.71. The molecule has 1 unspecified atom stereocenters. The third-order valence-corrected chi connectivity index (χ3v) is 3.27. The van der Waals surface area contributed by atoms with Gasteiger partial charge in [-0.25, -0.2) is 9.67 Å². The molecule has 0 aliphatic heterocycles. The van der Waals surface area contributed by atoms with Crippen molar-refractivity contribution in [3.63, 3.8) is 0 Å². The van der Waals surface area contributed by atoms with Crippen LogP contribution in [0.3, 0.4) is 0 Å². The van der Waals surface area contributed by atoms with Crippen molar-refractivity contribution in [2.24, 2.45) is 5.92 Å². The Balaban J connectivity index is 2.04. The quantitative estimate of drug-likeness (QED) is 0.888. The second kappa shape index (κ2) is 6.69. The fourth-order valence-corrected chi connectivity index (χ4v) is 1.88. The number of aromatic nitrogens is 3. The molecule has 7 heteroatoms. The van der Waals surface area contributed by atoms with E-state index in [9.17, 15) is 9.90 Å². The van der Waals surface area contributed by atoms with E-state index in [0.29, 0.717) is 16.7 Å². The molecular weight excluding hydrogens is 292 g/mol. The third-order valence-electron chi connectivity index (χ3n) is 2.98. The van der Waals surface area contributed by atoms with E-state index in [1.165, 1.54) is 4.68 Å². The molecule has 0 bridgehead atoms. The zero-order valence-corrected chi connectivity index (χ0v) is 12.6. The number of nitrogens with one attached hydrogen (secondary N) is 1. The normalized spacial score (nSPS) is 12.4. The predicted octanol–water partition coefficient (Wildman–Crippen LogP) is 2.27. The first kappa shape index (κ1) is 15.5.